The van der Waals surface area contributed by atoms with Crippen LogP contribution in [0.1, 0.15) is 35.4 Å². The Balaban J connectivity index is 1.28. The maximum Gasteiger partial charge on any atom is 0.408 e. The second-order valence-corrected chi connectivity index (χ2v) is 10.5. The van der Waals surface area contributed by atoms with Gasteiger partial charge in [-0.2, -0.15) is 0 Å². The summed E-state index contributed by atoms with van der Waals surface area (Å²) in [5, 5.41) is 2.96. The monoisotopic (exact) mass is 529 g/mol. The van der Waals surface area contributed by atoms with E-state index in [2.05, 4.69) is 36.2 Å². The third-order valence-electron chi connectivity index (χ3n) is 7.89. The SMILES string of the molecule is C=C(C1CC1)C(Cc1ccccc1)(NC(=O)OCC1c2ccccc2-c2ccccc21)C(=O)Oc1ccccc1. The summed E-state index contributed by atoms with van der Waals surface area (Å²) in [4.78, 5) is 27.5. The van der Waals surface area contributed by atoms with Crippen molar-refractivity contribution in [3.63, 3.8) is 0 Å². The van der Waals surface area contributed by atoms with Crippen molar-refractivity contribution >= 4 is 12.1 Å². The molecule has 200 valence electrons. The Bertz CT molecular complexity index is 1500. The van der Waals surface area contributed by atoms with Crippen LogP contribution in [0, 0.1) is 5.92 Å². The molecular weight excluding hydrogens is 498 g/mol. The lowest BCUT2D eigenvalue weighted by Crippen LogP contribution is -2.59. The third-order valence-corrected chi connectivity index (χ3v) is 7.89. The van der Waals surface area contributed by atoms with Gasteiger partial charge in [-0.05, 0) is 64.3 Å². The molecule has 0 bridgehead atoms. The summed E-state index contributed by atoms with van der Waals surface area (Å²) >= 11 is 0. The molecule has 1 N–H and O–H groups in total. The number of hydrogen-bond acceptors (Lipinski definition) is 4. The quantitative estimate of drug-likeness (QED) is 0.143. The van der Waals surface area contributed by atoms with Gasteiger partial charge in [-0.1, -0.05) is 104 Å². The van der Waals surface area contributed by atoms with Gasteiger partial charge in [0.25, 0.3) is 0 Å². The average Bonchev–Trinajstić information content (AvgIpc) is 3.79. The van der Waals surface area contributed by atoms with Gasteiger partial charge in [-0.3, -0.25) is 0 Å². The van der Waals surface area contributed by atoms with Crippen molar-refractivity contribution in [2.45, 2.75) is 30.7 Å². The van der Waals surface area contributed by atoms with Crippen LogP contribution in [0.4, 0.5) is 4.79 Å². The fraction of sp³-hybridized carbons (Fsp3) is 0.200. The molecule has 1 fully saturated rings. The van der Waals surface area contributed by atoms with E-state index in [1.54, 1.807) is 24.3 Å². The Morgan fingerprint density at radius 2 is 1.32 bits per heavy atom. The van der Waals surface area contributed by atoms with Crippen molar-refractivity contribution in [1.82, 2.24) is 5.32 Å². The van der Waals surface area contributed by atoms with Crippen LogP contribution in [-0.4, -0.2) is 24.2 Å². The first kappa shape index (κ1) is 25.6. The van der Waals surface area contributed by atoms with Gasteiger partial charge in [0.1, 0.15) is 12.4 Å². The average molecular weight is 530 g/mol. The highest BCUT2D eigenvalue weighted by Crippen LogP contribution is 2.45. The highest BCUT2D eigenvalue weighted by atomic mass is 16.6. The van der Waals surface area contributed by atoms with Gasteiger partial charge in [0.15, 0.2) is 5.54 Å². The van der Waals surface area contributed by atoms with Crippen molar-refractivity contribution in [2.24, 2.45) is 5.92 Å². The zero-order chi connectivity index (χ0) is 27.5. The van der Waals surface area contributed by atoms with Crippen molar-refractivity contribution in [3.8, 4) is 16.9 Å². The fourth-order valence-electron chi connectivity index (χ4n) is 5.67. The first-order chi connectivity index (χ1) is 19.5. The standard InChI is InChI=1S/C35H31NO4/c1-24(26-20-21-26)35(22-25-12-4-2-5-13-25,33(37)40-27-14-6-3-7-15-27)36-34(38)39-23-32-30-18-10-8-16-28(30)29-17-9-11-19-31(29)32/h2-19,26,32H,1,20-23H2,(H,36,38). The number of ether oxygens (including phenoxy) is 2. The minimum absolute atomic E-state index is 0.0930. The number of carbonyl (C=O) groups is 2. The first-order valence-electron chi connectivity index (χ1n) is 13.7. The molecule has 5 nitrogen and oxygen atoms in total. The lowest BCUT2D eigenvalue weighted by atomic mass is 9.81. The van der Waals surface area contributed by atoms with Crippen molar-refractivity contribution < 1.29 is 19.1 Å². The molecule has 1 saturated carbocycles. The van der Waals surface area contributed by atoms with Gasteiger partial charge < -0.3 is 14.8 Å². The van der Waals surface area contributed by atoms with Gasteiger partial charge >= 0.3 is 12.1 Å². The Labute approximate surface area is 234 Å². The summed E-state index contributed by atoms with van der Waals surface area (Å²) < 4.78 is 11.7. The molecule has 0 spiro atoms. The summed E-state index contributed by atoms with van der Waals surface area (Å²) in [6.07, 6.45) is 1.37. The Morgan fingerprint density at radius 1 is 0.775 bits per heavy atom. The minimum atomic E-state index is -1.49. The zero-order valence-electron chi connectivity index (χ0n) is 22.2. The maximum atomic E-state index is 14.0. The zero-order valence-corrected chi connectivity index (χ0v) is 22.2. The lowest BCUT2D eigenvalue weighted by molar-refractivity contribution is -0.140. The second-order valence-electron chi connectivity index (χ2n) is 10.5. The van der Waals surface area contributed by atoms with Gasteiger partial charge in [-0.15, -0.1) is 0 Å². The number of benzene rings is 4. The number of carbonyl (C=O) groups excluding carboxylic acids is 2. The summed E-state index contributed by atoms with van der Waals surface area (Å²) in [5.41, 5.74) is 4.59. The number of fused-ring (bicyclic) bond motifs is 3. The highest BCUT2D eigenvalue weighted by molar-refractivity contribution is 5.91. The van der Waals surface area contributed by atoms with Crippen LogP contribution in [0.25, 0.3) is 11.1 Å². The summed E-state index contributed by atoms with van der Waals surface area (Å²) in [6, 6.07) is 34.9. The molecule has 1 atom stereocenters. The van der Waals surface area contributed by atoms with Crippen LogP contribution < -0.4 is 10.1 Å². The van der Waals surface area contributed by atoms with E-state index in [1.807, 2.05) is 60.7 Å². The molecule has 2 aliphatic carbocycles. The predicted molar refractivity (Wildman–Crippen MR) is 155 cm³/mol. The topological polar surface area (TPSA) is 64.6 Å². The molecule has 1 unspecified atom stereocenters. The number of hydrogen-bond donors (Lipinski definition) is 1. The molecule has 0 aromatic heterocycles. The van der Waals surface area contributed by atoms with Gasteiger partial charge in [0, 0.05) is 12.3 Å². The van der Waals surface area contributed by atoms with Crippen LogP contribution in [0.2, 0.25) is 0 Å². The van der Waals surface area contributed by atoms with Crippen LogP contribution >= 0.6 is 0 Å². The van der Waals surface area contributed by atoms with Crippen molar-refractivity contribution in [1.29, 1.82) is 0 Å². The Morgan fingerprint density at radius 3 is 1.93 bits per heavy atom. The molecule has 0 aliphatic heterocycles. The van der Waals surface area contributed by atoms with E-state index in [0.717, 1.165) is 40.7 Å². The fourth-order valence-corrected chi connectivity index (χ4v) is 5.67. The van der Waals surface area contributed by atoms with E-state index < -0.39 is 17.6 Å². The Hall–Kier alpha value is -4.64. The molecule has 0 heterocycles. The third kappa shape index (κ3) is 5.03. The van der Waals surface area contributed by atoms with E-state index in [-0.39, 0.29) is 24.9 Å². The first-order valence-corrected chi connectivity index (χ1v) is 13.7. The predicted octanol–water partition coefficient (Wildman–Crippen LogP) is 7.08. The molecule has 2 aliphatic rings. The summed E-state index contributed by atoms with van der Waals surface area (Å²) in [6.45, 7) is 4.47. The molecular formula is C35H31NO4. The number of nitrogens with one attached hydrogen (secondary N) is 1. The van der Waals surface area contributed by atoms with Crippen molar-refractivity contribution in [3.05, 3.63) is 138 Å². The Kier molecular flexibility index (Phi) is 6.95. The molecule has 0 radical (unpaired) electrons. The largest absolute Gasteiger partial charge is 0.449 e. The molecule has 5 heteroatoms. The van der Waals surface area contributed by atoms with Crippen LogP contribution in [0.15, 0.2) is 121 Å². The number of para-hydroxylation sites is 1. The van der Waals surface area contributed by atoms with E-state index in [0.29, 0.717) is 11.3 Å². The summed E-state index contributed by atoms with van der Waals surface area (Å²) in [7, 11) is 0. The lowest BCUT2D eigenvalue weighted by Gasteiger charge is -2.34. The van der Waals surface area contributed by atoms with Gasteiger partial charge in [0.05, 0.1) is 0 Å². The maximum absolute atomic E-state index is 14.0. The van der Waals surface area contributed by atoms with E-state index >= 15 is 0 Å². The van der Waals surface area contributed by atoms with Gasteiger partial charge in [-0.25, -0.2) is 9.59 Å². The van der Waals surface area contributed by atoms with Gasteiger partial charge in [0.2, 0.25) is 0 Å². The number of amides is 1. The minimum Gasteiger partial charge on any atom is -0.449 e. The molecule has 6 rings (SSSR count). The van der Waals surface area contributed by atoms with Crippen LogP contribution in [0.5, 0.6) is 5.75 Å². The van der Waals surface area contributed by atoms with Crippen molar-refractivity contribution in [2.75, 3.05) is 6.61 Å². The molecule has 40 heavy (non-hydrogen) atoms. The number of rotatable bonds is 9. The van der Waals surface area contributed by atoms with Crippen LogP contribution in [-0.2, 0) is 16.0 Å². The molecule has 0 saturated heterocycles. The highest BCUT2D eigenvalue weighted by Gasteiger charge is 2.49. The van der Waals surface area contributed by atoms with E-state index in [9.17, 15) is 9.59 Å². The second kappa shape index (κ2) is 10.9. The smallest absolute Gasteiger partial charge is 0.408 e. The summed E-state index contributed by atoms with van der Waals surface area (Å²) in [5.74, 6) is -0.138. The molecule has 1 amide bonds. The van der Waals surface area contributed by atoms with E-state index in [1.165, 1.54) is 0 Å². The van der Waals surface area contributed by atoms with Crippen LogP contribution in [0.3, 0.4) is 0 Å². The molecule has 4 aromatic rings. The number of alkyl carbamates (subject to hydrolysis) is 1. The number of esters is 1. The normalized spacial score (nSPS) is 15.3. The van der Waals surface area contributed by atoms with E-state index in [4.69, 9.17) is 9.47 Å². The molecule has 4 aromatic carbocycles.